The molecule has 3 N–H and O–H groups in total. The van der Waals surface area contributed by atoms with Crippen molar-refractivity contribution in [2.45, 2.75) is 65.5 Å². The lowest BCUT2D eigenvalue weighted by molar-refractivity contribution is 0.0889. The molecule has 1 amide bonds. The van der Waals surface area contributed by atoms with Crippen LogP contribution < -0.4 is 11.1 Å². The maximum atomic E-state index is 12.2. The topological polar surface area (TPSA) is 68.0 Å². The summed E-state index contributed by atoms with van der Waals surface area (Å²) in [5, 5.41) is 5.74. The molecule has 118 valence electrons. The Labute approximate surface area is 131 Å². The summed E-state index contributed by atoms with van der Waals surface area (Å²) in [5.41, 5.74) is 6.46. The molecule has 0 spiro atoms. The Balaban J connectivity index is 1.84. The monoisotopic (exact) mass is 309 g/mol. The van der Waals surface area contributed by atoms with E-state index in [0.29, 0.717) is 23.7 Å². The van der Waals surface area contributed by atoms with E-state index in [1.807, 2.05) is 0 Å². The summed E-state index contributed by atoms with van der Waals surface area (Å²) in [6.07, 6.45) is 5.78. The minimum atomic E-state index is -0.0517. The Kier molecular flexibility index (Phi) is 5.38. The quantitative estimate of drug-likeness (QED) is 0.876. The number of amides is 1. The highest BCUT2D eigenvalue weighted by Gasteiger charge is 2.32. The molecule has 4 nitrogen and oxygen atoms in total. The van der Waals surface area contributed by atoms with Crippen molar-refractivity contribution in [3.63, 3.8) is 0 Å². The second-order valence-corrected chi connectivity index (χ2v) is 7.64. The fraction of sp³-hybridized carbons (Fsp3) is 0.750. The van der Waals surface area contributed by atoms with Crippen LogP contribution in [0.1, 0.15) is 68.4 Å². The van der Waals surface area contributed by atoms with Gasteiger partial charge in [0, 0.05) is 18.0 Å². The van der Waals surface area contributed by atoms with Crippen molar-refractivity contribution in [2.75, 3.05) is 0 Å². The minimum Gasteiger partial charge on any atom is -0.348 e. The summed E-state index contributed by atoms with van der Waals surface area (Å²) >= 11 is 1.45. The van der Waals surface area contributed by atoms with Crippen molar-refractivity contribution in [3.05, 3.63) is 16.1 Å². The molecule has 21 heavy (non-hydrogen) atoms. The summed E-state index contributed by atoms with van der Waals surface area (Å²) in [6, 6.07) is 0.296. The first-order valence-corrected chi connectivity index (χ1v) is 8.79. The first kappa shape index (κ1) is 16.4. The van der Waals surface area contributed by atoms with Crippen LogP contribution in [0.5, 0.6) is 0 Å². The van der Waals surface area contributed by atoms with E-state index in [9.17, 15) is 4.79 Å². The van der Waals surface area contributed by atoms with E-state index in [1.165, 1.54) is 30.6 Å². The number of nitrogens with one attached hydrogen (secondary N) is 1. The molecule has 1 fully saturated rings. The number of hydrogen-bond acceptors (Lipinski definition) is 4. The Bertz CT molecular complexity index is 476. The highest BCUT2D eigenvalue weighted by molar-refractivity contribution is 7.09. The lowest BCUT2D eigenvalue weighted by Crippen LogP contribution is -2.40. The molecular weight excluding hydrogens is 282 g/mol. The number of carbonyl (C=O) groups is 1. The van der Waals surface area contributed by atoms with Crippen LogP contribution in [0.2, 0.25) is 0 Å². The molecule has 5 heteroatoms. The third-order valence-corrected chi connectivity index (χ3v) is 5.91. The molecule has 2 rings (SSSR count). The van der Waals surface area contributed by atoms with Crippen LogP contribution in [-0.4, -0.2) is 16.9 Å². The van der Waals surface area contributed by atoms with Gasteiger partial charge in [-0.15, -0.1) is 11.3 Å². The van der Waals surface area contributed by atoms with Crippen LogP contribution >= 0.6 is 11.3 Å². The number of carbonyl (C=O) groups excluding carboxylic acids is 1. The molecule has 1 heterocycles. The van der Waals surface area contributed by atoms with Gasteiger partial charge < -0.3 is 11.1 Å². The molecule has 1 aliphatic rings. The molecule has 1 saturated carbocycles. The van der Waals surface area contributed by atoms with Gasteiger partial charge in [-0.3, -0.25) is 4.79 Å². The van der Waals surface area contributed by atoms with Gasteiger partial charge >= 0.3 is 0 Å². The maximum absolute atomic E-state index is 12.2. The van der Waals surface area contributed by atoms with E-state index < -0.39 is 0 Å². The Morgan fingerprint density at radius 3 is 2.62 bits per heavy atom. The highest BCUT2D eigenvalue weighted by atomic mass is 32.1. The fourth-order valence-electron chi connectivity index (χ4n) is 3.08. The number of nitrogens with zero attached hydrogens (tertiary/aromatic N) is 1. The van der Waals surface area contributed by atoms with Gasteiger partial charge in [0.2, 0.25) is 0 Å². The minimum absolute atomic E-state index is 0.0517. The molecule has 1 aromatic heterocycles. The molecule has 0 atom stereocenters. The molecule has 1 aliphatic carbocycles. The van der Waals surface area contributed by atoms with Crippen molar-refractivity contribution < 1.29 is 4.79 Å². The Morgan fingerprint density at radius 1 is 1.43 bits per heavy atom. The number of hydrogen-bond donors (Lipinski definition) is 2. The van der Waals surface area contributed by atoms with E-state index in [-0.39, 0.29) is 5.91 Å². The summed E-state index contributed by atoms with van der Waals surface area (Å²) < 4.78 is 0. The average molecular weight is 309 g/mol. The van der Waals surface area contributed by atoms with Gasteiger partial charge in [0.15, 0.2) is 0 Å². The van der Waals surface area contributed by atoms with Crippen LogP contribution in [0, 0.1) is 11.3 Å². The zero-order chi connectivity index (χ0) is 15.5. The van der Waals surface area contributed by atoms with Gasteiger partial charge in [-0.1, -0.05) is 27.2 Å². The molecule has 0 unspecified atom stereocenters. The molecule has 0 radical (unpaired) electrons. The van der Waals surface area contributed by atoms with Gasteiger partial charge in [0.05, 0.1) is 0 Å². The lowest BCUT2D eigenvalue weighted by atomic mass is 9.69. The molecular formula is C16H27N3OS. The molecule has 1 aromatic rings. The van der Waals surface area contributed by atoms with Crippen LogP contribution in [0.3, 0.4) is 0 Å². The van der Waals surface area contributed by atoms with Crippen LogP contribution in [0.15, 0.2) is 5.38 Å². The van der Waals surface area contributed by atoms with Crippen molar-refractivity contribution in [2.24, 2.45) is 17.1 Å². The van der Waals surface area contributed by atoms with Gasteiger partial charge in [-0.2, -0.15) is 0 Å². The maximum Gasteiger partial charge on any atom is 0.270 e. The van der Waals surface area contributed by atoms with Crippen LogP contribution in [0.4, 0.5) is 0 Å². The van der Waals surface area contributed by atoms with Crippen LogP contribution in [-0.2, 0) is 6.54 Å². The zero-order valence-electron chi connectivity index (χ0n) is 13.3. The largest absolute Gasteiger partial charge is 0.348 e. The number of nitrogens with two attached hydrogens (primary N) is 1. The van der Waals surface area contributed by atoms with Gasteiger partial charge in [0.25, 0.3) is 5.91 Å². The Morgan fingerprint density at radius 2 is 2.10 bits per heavy atom. The lowest BCUT2D eigenvalue weighted by Gasteiger charge is -2.39. The third kappa shape index (κ3) is 4.04. The zero-order valence-corrected chi connectivity index (χ0v) is 14.1. The predicted molar refractivity (Wildman–Crippen MR) is 87.3 cm³/mol. The summed E-state index contributed by atoms with van der Waals surface area (Å²) in [7, 11) is 0. The highest BCUT2D eigenvalue weighted by Crippen LogP contribution is 2.40. The van der Waals surface area contributed by atoms with Gasteiger partial charge in [0.1, 0.15) is 10.7 Å². The van der Waals surface area contributed by atoms with E-state index in [4.69, 9.17) is 5.73 Å². The average Bonchev–Trinajstić information content (AvgIpc) is 2.97. The molecule has 0 saturated heterocycles. The van der Waals surface area contributed by atoms with Crippen molar-refractivity contribution in [1.82, 2.24) is 10.3 Å². The second kappa shape index (κ2) is 6.88. The van der Waals surface area contributed by atoms with E-state index in [1.54, 1.807) is 5.38 Å². The Hall–Kier alpha value is -0.940. The molecule has 0 aliphatic heterocycles. The van der Waals surface area contributed by atoms with E-state index in [2.05, 4.69) is 31.1 Å². The summed E-state index contributed by atoms with van der Waals surface area (Å²) in [5.74, 6) is 0.725. The smallest absolute Gasteiger partial charge is 0.270 e. The van der Waals surface area contributed by atoms with E-state index in [0.717, 1.165) is 23.8 Å². The fourth-order valence-corrected chi connectivity index (χ4v) is 3.73. The van der Waals surface area contributed by atoms with E-state index >= 15 is 0 Å². The third-order valence-electron chi connectivity index (χ3n) is 5.04. The van der Waals surface area contributed by atoms with Crippen molar-refractivity contribution >= 4 is 17.2 Å². The van der Waals surface area contributed by atoms with Crippen molar-refractivity contribution in [3.8, 4) is 0 Å². The second-order valence-electron chi connectivity index (χ2n) is 6.69. The number of rotatable bonds is 5. The van der Waals surface area contributed by atoms with Crippen molar-refractivity contribution in [1.29, 1.82) is 0 Å². The van der Waals surface area contributed by atoms with Crippen LogP contribution in [0.25, 0.3) is 0 Å². The number of aromatic nitrogens is 1. The summed E-state index contributed by atoms with van der Waals surface area (Å²) in [4.78, 5) is 16.4. The SMILES string of the molecule is CCC(C)(C)C1CCC(NC(=O)c2csc(CN)n2)CC1. The standard InChI is InChI=1S/C16H27N3OS/c1-4-16(2,3)11-5-7-12(8-6-11)18-15(20)13-10-21-14(9-17)19-13/h10-12H,4-9,17H2,1-3H3,(H,18,20). The molecule has 0 bridgehead atoms. The normalized spacial score (nSPS) is 23.0. The predicted octanol–water partition coefficient (Wildman–Crippen LogP) is 3.33. The first-order valence-electron chi connectivity index (χ1n) is 7.91. The summed E-state index contributed by atoms with van der Waals surface area (Å²) in [6.45, 7) is 7.39. The van der Waals surface area contributed by atoms with Gasteiger partial charge in [-0.05, 0) is 37.0 Å². The first-order chi connectivity index (χ1) is 9.96. The number of thiazole rings is 1. The van der Waals surface area contributed by atoms with Gasteiger partial charge in [-0.25, -0.2) is 4.98 Å². The molecule has 0 aromatic carbocycles.